The van der Waals surface area contributed by atoms with Crippen molar-refractivity contribution >= 4 is 17.5 Å². The van der Waals surface area contributed by atoms with Gasteiger partial charge in [-0.25, -0.2) is 0 Å². The number of rotatable bonds is 7. The van der Waals surface area contributed by atoms with Gasteiger partial charge in [-0.15, -0.1) is 0 Å². The number of carbonyl (C=O) groups is 1. The van der Waals surface area contributed by atoms with Gasteiger partial charge in [-0.05, 0) is 48.4 Å². The minimum absolute atomic E-state index is 0.0525. The fraction of sp³-hybridized carbons (Fsp3) is 0.316. The maximum Gasteiger partial charge on any atom is 0.263 e. The van der Waals surface area contributed by atoms with Crippen molar-refractivity contribution < 1.29 is 14.3 Å². The van der Waals surface area contributed by atoms with Crippen LogP contribution in [0.3, 0.4) is 0 Å². The van der Waals surface area contributed by atoms with Gasteiger partial charge in [-0.3, -0.25) is 4.79 Å². The normalized spacial score (nSPS) is 11.7. The number of methoxy groups -OCH3 is 1. The van der Waals surface area contributed by atoms with Crippen LogP contribution in [0.5, 0.6) is 11.5 Å². The Kier molecular flexibility index (Phi) is 6.50. The lowest BCUT2D eigenvalue weighted by atomic mass is 10.2. The van der Waals surface area contributed by atoms with Gasteiger partial charge in [0, 0.05) is 18.6 Å². The first-order valence-electron chi connectivity index (χ1n) is 7.83. The van der Waals surface area contributed by atoms with E-state index in [1.54, 1.807) is 31.2 Å². The van der Waals surface area contributed by atoms with Crippen LogP contribution < -0.4 is 9.47 Å². The number of halogens is 1. The Morgan fingerprint density at radius 2 is 1.67 bits per heavy atom. The van der Waals surface area contributed by atoms with E-state index in [4.69, 9.17) is 21.1 Å². The van der Waals surface area contributed by atoms with E-state index >= 15 is 0 Å². The number of carbonyl (C=O) groups excluding carboxylic acids is 1. The van der Waals surface area contributed by atoms with Crippen LogP contribution in [0.4, 0.5) is 0 Å². The Morgan fingerprint density at radius 1 is 1.08 bits per heavy atom. The largest absolute Gasteiger partial charge is 0.497 e. The first kappa shape index (κ1) is 18.1. The van der Waals surface area contributed by atoms with Gasteiger partial charge >= 0.3 is 0 Å². The topological polar surface area (TPSA) is 38.8 Å². The Balaban J connectivity index is 1.99. The third kappa shape index (κ3) is 4.90. The first-order valence-corrected chi connectivity index (χ1v) is 8.21. The third-order valence-electron chi connectivity index (χ3n) is 3.69. The van der Waals surface area contributed by atoms with Crippen molar-refractivity contribution in [1.29, 1.82) is 0 Å². The van der Waals surface area contributed by atoms with Crippen LogP contribution in [0.2, 0.25) is 5.02 Å². The summed E-state index contributed by atoms with van der Waals surface area (Å²) in [4.78, 5) is 14.3. The molecule has 1 unspecified atom stereocenters. The van der Waals surface area contributed by atoms with Gasteiger partial charge in [-0.1, -0.05) is 30.7 Å². The monoisotopic (exact) mass is 347 g/mol. The van der Waals surface area contributed by atoms with Crippen LogP contribution >= 0.6 is 11.6 Å². The van der Waals surface area contributed by atoms with E-state index in [0.29, 0.717) is 23.7 Å². The van der Waals surface area contributed by atoms with E-state index in [-0.39, 0.29) is 5.91 Å². The number of hydrogen-bond acceptors (Lipinski definition) is 3. The van der Waals surface area contributed by atoms with E-state index in [1.165, 1.54) is 0 Å². The molecule has 0 saturated heterocycles. The fourth-order valence-corrected chi connectivity index (χ4v) is 2.44. The molecule has 2 rings (SSSR count). The van der Waals surface area contributed by atoms with E-state index in [1.807, 2.05) is 43.3 Å². The molecule has 2 aromatic carbocycles. The second kappa shape index (κ2) is 8.60. The van der Waals surface area contributed by atoms with Crippen molar-refractivity contribution in [3.8, 4) is 11.5 Å². The number of hydrogen-bond donors (Lipinski definition) is 0. The number of likely N-dealkylation sites (N-methyl/N-ethyl adjacent to an activating group) is 1. The summed E-state index contributed by atoms with van der Waals surface area (Å²) in [5.74, 6) is 1.35. The molecule has 128 valence electrons. The molecule has 0 saturated carbocycles. The van der Waals surface area contributed by atoms with Crippen molar-refractivity contribution in [2.75, 3.05) is 14.2 Å². The van der Waals surface area contributed by atoms with Crippen molar-refractivity contribution in [3.05, 3.63) is 59.1 Å². The van der Waals surface area contributed by atoms with Gasteiger partial charge in [0.25, 0.3) is 5.91 Å². The maximum absolute atomic E-state index is 12.6. The highest BCUT2D eigenvalue weighted by Gasteiger charge is 2.22. The van der Waals surface area contributed by atoms with Crippen LogP contribution in [0.1, 0.15) is 18.9 Å². The number of amides is 1. The first-order chi connectivity index (χ1) is 11.5. The molecule has 0 aromatic heterocycles. The van der Waals surface area contributed by atoms with E-state index in [2.05, 4.69) is 0 Å². The van der Waals surface area contributed by atoms with Crippen LogP contribution in [0.25, 0.3) is 0 Å². The van der Waals surface area contributed by atoms with Crippen LogP contribution in [-0.2, 0) is 11.3 Å². The van der Waals surface area contributed by atoms with Crippen molar-refractivity contribution in [2.45, 2.75) is 26.0 Å². The molecule has 0 aliphatic heterocycles. The summed E-state index contributed by atoms with van der Waals surface area (Å²) in [5.41, 5.74) is 1.02. The quantitative estimate of drug-likeness (QED) is 0.754. The smallest absolute Gasteiger partial charge is 0.263 e. The summed E-state index contributed by atoms with van der Waals surface area (Å²) in [6.45, 7) is 2.45. The predicted molar refractivity (Wildman–Crippen MR) is 95.6 cm³/mol. The number of nitrogens with zero attached hydrogens (tertiary/aromatic N) is 1. The van der Waals surface area contributed by atoms with Crippen molar-refractivity contribution in [1.82, 2.24) is 4.90 Å². The third-order valence-corrected chi connectivity index (χ3v) is 3.95. The molecule has 0 radical (unpaired) electrons. The standard InChI is InChI=1S/C19H22ClNO3/c1-4-18(24-17-11-9-16(23-3)10-12-17)19(22)21(2)13-14-5-7-15(20)8-6-14/h5-12,18H,4,13H2,1-3H3. The van der Waals surface area contributed by atoms with Crippen LogP contribution in [-0.4, -0.2) is 31.1 Å². The zero-order valence-corrected chi connectivity index (χ0v) is 14.9. The Labute approximate surface area is 147 Å². The van der Waals surface area contributed by atoms with Crippen molar-refractivity contribution in [3.63, 3.8) is 0 Å². The lowest BCUT2D eigenvalue weighted by Gasteiger charge is -2.24. The Bertz CT molecular complexity index is 655. The molecule has 5 heteroatoms. The molecule has 0 aliphatic rings. The second-order valence-corrected chi connectivity index (χ2v) is 5.95. The molecular formula is C19H22ClNO3. The second-order valence-electron chi connectivity index (χ2n) is 5.51. The van der Waals surface area contributed by atoms with E-state index < -0.39 is 6.10 Å². The summed E-state index contributed by atoms with van der Waals surface area (Å²) >= 11 is 5.89. The number of ether oxygens (including phenoxy) is 2. The van der Waals surface area contributed by atoms with Crippen molar-refractivity contribution in [2.24, 2.45) is 0 Å². The fourth-order valence-electron chi connectivity index (χ4n) is 2.31. The van der Waals surface area contributed by atoms with Gasteiger partial charge in [0.15, 0.2) is 6.10 Å². The minimum atomic E-state index is -0.518. The van der Waals surface area contributed by atoms with Gasteiger partial charge in [0.05, 0.1) is 7.11 Å². The minimum Gasteiger partial charge on any atom is -0.497 e. The molecule has 0 aliphatic carbocycles. The summed E-state index contributed by atoms with van der Waals surface area (Å²) in [6.07, 6.45) is 0.0752. The molecule has 24 heavy (non-hydrogen) atoms. The van der Waals surface area contributed by atoms with Crippen LogP contribution in [0.15, 0.2) is 48.5 Å². The van der Waals surface area contributed by atoms with Gasteiger partial charge in [0.1, 0.15) is 11.5 Å². The molecule has 2 aromatic rings. The Hall–Kier alpha value is -2.20. The molecule has 0 N–H and O–H groups in total. The molecule has 1 atom stereocenters. The van der Waals surface area contributed by atoms with Gasteiger partial charge in [0.2, 0.25) is 0 Å². The summed E-state index contributed by atoms with van der Waals surface area (Å²) in [7, 11) is 3.39. The van der Waals surface area contributed by atoms with Crippen LogP contribution in [0, 0.1) is 0 Å². The van der Waals surface area contributed by atoms with Gasteiger partial charge in [-0.2, -0.15) is 0 Å². The molecular weight excluding hydrogens is 326 g/mol. The summed E-state index contributed by atoms with van der Waals surface area (Å²) in [5, 5.41) is 0.682. The zero-order valence-electron chi connectivity index (χ0n) is 14.2. The molecule has 0 spiro atoms. The summed E-state index contributed by atoms with van der Waals surface area (Å²) in [6, 6.07) is 14.7. The number of benzene rings is 2. The average Bonchev–Trinajstić information content (AvgIpc) is 2.61. The highest BCUT2D eigenvalue weighted by atomic mass is 35.5. The molecule has 4 nitrogen and oxygen atoms in total. The lowest BCUT2D eigenvalue weighted by molar-refractivity contribution is -0.138. The van der Waals surface area contributed by atoms with E-state index in [0.717, 1.165) is 11.3 Å². The zero-order chi connectivity index (χ0) is 17.5. The maximum atomic E-state index is 12.6. The average molecular weight is 348 g/mol. The SMILES string of the molecule is CCC(Oc1ccc(OC)cc1)C(=O)N(C)Cc1ccc(Cl)cc1. The predicted octanol–water partition coefficient (Wildman–Crippen LogP) is 4.16. The molecule has 0 heterocycles. The van der Waals surface area contributed by atoms with E-state index in [9.17, 15) is 4.79 Å². The summed E-state index contributed by atoms with van der Waals surface area (Å²) < 4.78 is 11.0. The molecule has 1 amide bonds. The Morgan fingerprint density at radius 3 is 2.21 bits per heavy atom. The highest BCUT2D eigenvalue weighted by molar-refractivity contribution is 6.30. The molecule has 0 fully saturated rings. The van der Waals surface area contributed by atoms with Gasteiger partial charge < -0.3 is 14.4 Å². The lowest BCUT2D eigenvalue weighted by Crippen LogP contribution is -2.39. The highest BCUT2D eigenvalue weighted by Crippen LogP contribution is 2.20. The molecule has 0 bridgehead atoms.